The predicted molar refractivity (Wildman–Crippen MR) is 62.0 cm³/mol. The van der Waals surface area contributed by atoms with Crippen LogP contribution in [0.4, 0.5) is 0 Å². The summed E-state index contributed by atoms with van der Waals surface area (Å²) in [6, 6.07) is 0. The Kier molecular flexibility index (Phi) is 9.89. The fraction of sp³-hybridized carbons (Fsp3) is 0.833. The molecule has 0 amide bonds. The Hall–Kier alpha value is -0.380. The first kappa shape index (κ1) is 14.6. The summed E-state index contributed by atoms with van der Waals surface area (Å²) in [4.78, 5) is 0. The van der Waals surface area contributed by atoms with Gasteiger partial charge >= 0.3 is 0 Å². The molecule has 0 aromatic carbocycles. The van der Waals surface area contributed by atoms with Crippen molar-refractivity contribution in [1.29, 1.82) is 0 Å². The van der Waals surface area contributed by atoms with Crippen LogP contribution in [0.15, 0.2) is 12.2 Å². The number of hydrogen-bond acceptors (Lipinski definition) is 3. The molecular weight excluding hydrogens is 192 g/mol. The molecule has 90 valence electrons. The van der Waals surface area contributed by atoms with Crippen LogP contribution in [0.25, 0.3) is 0 Å². The lowest BCUT2D eigenvalue weighted by atomic mass is 10.3. The van der Waals surface area contributed by atoms with Gasteiger partial charge in [0.25, 0.3) is 0 Å². The van der Waals surface area contributed by atoms with Gasteiger partial charge in [0.05, 0.1) is 19.8 Å². The molecule has 15 heavy (non-hydrogen) atoms. The van der Waals surface area contributed by atoms with E-state index in [1.165, 1.54) is 0 Å². The van der Waals surface area contributed by atoms with Crippen molar-refractivity contribution in [2.45, 2.75) is 39.2 Å². The third kappa shape index (κ3) is 11.5. The fourth-order valence-corrected chi connectivity index (χ4v) is 0.980. The van der Waals surface area contributed by atoms with Crippen molar-refractivity contribution < 1.29 is 14.6 Å². The Balaban J connectivity index is 3.18. The van der Waals surface area contributed by atoms with Gasteiger partial charge in [0.2, 0.25) is 0 Å². The molecule has 1 atom stereocenters. The van der Waals surface area contributed by atoms with E-state index in [9.17, 15) is 5.11 Å². The SMILES string of the molecule is C=C(C)CCOCC(O)COCCCC. The zero-order valence-electron chi connectivity index (χ0n) is 10.00. The summed E-state index contributed by atoms with van der Waals surface area (Å²) >= 11 is 0. The maximum absolute atomic E-state index is 9.44. The van der Waals surface area contributed by atoms with E-state index in [-0.39, 0.29) is 0 Å². The molecule has 1 N–H and O–H groups in total. The Morgan fingerprint density at radius 3 is 2.40 bits per heavy atom. The summed E-state index contributed by atoms with van der Waals surface area (Å²) in [6.07, 6.45) is 2.50. The van der Waals surface area contributed by atoms with E-state index in [0.717, 1.165) is 31.4 Å². The van der Waals surface area contributed by atoms with Crippen LogP contribution in [0.2, 0.25) is 0 Å². The van der Waals surface area contributed by atoms with E-state index in [1.54, 1.807) is 0 Å². The molecule has 0 radical (unpaired) electrons. The van der Waals surface area contributed by atoms with Gasteiger partial charge in [0, 0.05) is 6.61 Å². The Morgan fingerprint density at radius 2 is 1.87 bits per heavy atom. The highest BCUT2D eigenvalue weighted by Gasteiger charge is 2.03. The molecule has 0 aliphatic carbocycles. The first-order valence-electron chi connectivity index (χ1n) is 5.64. The third-order valence-corrected chi connectivity index (χ3v) is 1.94. The van der Waals surface area contributed by atoms with Gasteiger partial charge in [-0.15, -0.1) is 6.58 Å². The minimum atomic E-state index is -0.507. The van der Waals surface area contributed by atoms with Crippen molar-refractivity contribution in [3.63, 3.8) is 0 Å². The van der Waals surface area contributed by atoms with Gasteiger partial charge in [-0.25, -0.2) is 0 Å². The normalized spacial score (nSPS) is 12.7. The molecule has 0 aliphatic heterocycles. The zero-order valence-corrected chi connectivity index (χ0v) is 10.00. The number of aliphatic hydroxyl groups is 1. The Morgan fingerprint density at radius 1 is 1.27 bits per heavy atom. The van der Waals surface area contributed by atoms with Gasteiger partial charge in [0.15, 0.2) is 0 Å². The van der Waals surface area contributed by atoms with Gasteiger partial charge in [-0.2, -0.15) is 0 Å². The van der Waals surface area contributed by atoms with Gasteiger partial charge in [-0.1, -0.05) is 18.9 Å². The monoisotopic (exact) mass is 216 g/mol. The van der Waals surface area contributed by atoms with Crippen LogP contribution in [0.1, 0.15) is 33.1 Å². The maximum Gasteiger partial charge on any atom is 0.101 e. The lowest BCUT2D eigenvalue weighted by Crippen LogP contribution is -2.22. The molecular formula is C12H24O3. The molecule has 0 saturated carbocycles. The standard InChI is InChI=1S/C12H24O3/c1-4-5-7-14-9-12(13)10-15-8-6-11(2)3/h12-13H,2,4-10H2,1,3H3. The molecule has 1 unspecified atom stereocenters. The van der Waals surface area contributed by atoms with Crippen LogP contribution < -0.4 is 0 Å². The molecule has 3 nitrogen and oxygen atoms in total. The van der Waals surface area contributed by atoms with Crippen LogP contribution in [-0.2, 0) is 9.47 Å². The summed E-state index contributed by atoms with van der Waals surface area (Å²) in [5.74, 6) is 0. The Bertz CT molecular complexity index is 157. The lowest BCUT2D eigenvalue weighted by Gasteiger charge is -2.11. The third-order valence-electron chi connectivity index (χ3n) is 1.94. The van der Waals surface area contributed by atoms with E-state index >= 15 is 0 Å². The molecule has 0 saturated heterocycles. The van der Waals surface area contributed by atoms with Crippen molar-refractivity contribution in [3.05, 3.63) is 12.2 Å². The summed E-state index contributed by atoms with van der Waals surface area (Å²) in [6.45, 7) is 9.91. The minimum Gasteiger partial charge on any atom is -0.388 e. The largest absolute Gasteiger partial charge is 0.388 e. The summed E-state index contributed by atoms with van der Waals surface area (Å²) in [5, 5.41) is 9.44. The topological polar surface area (TPSA) is 38.7 Å². The van der Waals surface area contributed by atoms with Crippen molar-refractivity contribution in [1.82, 2.24) is 0 Å². The molecule has 0 spiro atoms. The van der Waals surface area contributed by atoms with Crippen LogP contribution in [-0.4, -0.2) is 37.6 Å². The van der Waals surface area contributed by atoms with Crippen LogP contribution in [0.3, 0.4) is 0 Å². The Labute approximate surface area is 93.1 Å². The molecule has 3 heteroatoms. The molecule has 0 aromatic heterocycles. The van der Waals surface area contributed by atoms with Crippen LogP contribution >= 0.6 is 0 Å². The van der Waals surface area contributed by atoms with Crippen LogP contribution in [0.5, 0.6) is 0 Å². The number of rotatable bonds is 10. The van der Waals surface area contributed by atoms with E-state index in [2.05, 4.69) is 13.5 Å². The highest BCUT2D eigenvalue weighted by Crippen LogP contribution is 1.97. The molecule has 0 fully saturated rings. The fourth-order valence-electron chi connectivity index (χ4n) is 0.980. The van der Waals surface area contributed by atoms with Crippen molar-refractivity contribution >= 4 is 0 Å². The molecule has 0 bridgehead atoms. The first-order chi connectivity index (χ1) is 7.16. The number of ether oxygens (including phenoxy) is 2. The van der Waals surface area contributed by atoms with Crippen molar-refractivity contribution in [3.8, 4) is 0 Å². The minimum absolute atomic E-state index is 0.347. The van der Waals surface area contributed by atoms with E-state index in [4.69, 9.17) is 9.47 Å². The van der Waals surface area contributed by atoms with Gasteiger partial charge < -0.3 is 14.6 Å². The average Bonchev–Trinajstić information content (AvgIpc) is 2.19. The second-order valence-corrected chi connectivity index (χ2v) is 3.86. The zero-order chi connectivity index (χ0) is 11.5. The second kappa shape index (κ2) is 10.1. The molecule has 0 aliphatic rings. The lowest BCUT2D eigenvalue weighted by molar-refractivity contribution is -0.0186. The van der Waals surface area contributed by atoms with Crippen molar-refractivity contribution in [2.75, 3.05) is 26.4 Å². The van der Waals surface area contributed by atoms with Crippen molar-refractivity contribution in [2.24, 2.45) is 0 Å². The maximum atomic E-state index is 9.44. The van der Waals surface area contributed by atoms with Gasteiger partial charge in [-0.3, -0.25) is 0 Å². The first-order valence-corrected chi connectivity index (χ1v) is 5.64. The number of unbranched alkanes of at least 4 members (excludes halogenated alkanes) is 1. The van der Waals surface area contributed by atoms with E-state index < -0.39 is 6.10 Å². The number of hydrogen-bond donors (Lipinski definition) is 1. The average molecular weight is 216 g/mol. The highest BCUT2D eigenvalue weighted by molar-refractivity contribution is 4.87. The highest BCUT2D eigenvalue weighted by atomic mass is 16.5. The van der Waals surface area contributed by atoms with Gasteiger partial charge in [0.1, 0.15) is 6.10 Å². The summed E-state index contributed by atoms with van der Waals surface area (Å²) in [5.41, 5.74) is 1.10. The number of aliphatic hydroxyl groups excluding tert-OH is 1. The molecule has 0 rings (SSSR count). The molecule has 0 aromatic rings. The molecule has 0 heterocycles. The van der Waals surface area contributed by atoms with E-state index in [1.807, 2.05) is 6.92 Å². The van der Waals surface area contributed by atoms with Gasteiger partial charge in [-0.05, 0) is 19.8 Å². The second-order valence-electron chi connectivity index (χ2n) is 3.86. The summed E-state index contributed by atoms with van der Waals surface area (Å²) in [7, 11) is 0. The predicted octanol–water partition coefficient (Wildman–Crippen LogP) is 2.15. The quantitative estimate of drug-likeness (QED) is 0.449. The smallest absolute Gasteiger partial charge is 0.101 e. The summed E-state index contributed by atoms with van der Waals surface area (Å²) < 4.78 is 10.5. The van der Waals surface area contributed by atoms with E-state index in [0.29, 0.717) is 19.8 Å². The van der Waals surface area contributed by atoms with Crippen LogP contribution in [0, 0.1) is 0 Å².